The van der Waals surface area contributed by atoms with Gasteiger partial charge in [0.2, 0.25) is 0 Å². The van der Waals surface area contributed by atoms with E-state index < -0.39 is 47.8 Å². The SMILES string of the molecule is C=CC(=O)OCCCCCCOc1ccc(C(=O)Oc2ccc(OC(=O)c3ccc(OCCCCCCOC(=O)C=C)cc3)c(COc3cc(-c4ccc(-c5ccc(OCCCCCCCCC)c(OCc6cc(OC(=O)c7ccc(OCCCCCCOC(=O)C=C)cc7)ccc6OC(=O)c6ccc(OCCCCCCOC(=O)C(=C)C)cc6)c5)cc4)ccc3OCCCCCCCCC)c2)cc1. The lowest BCUT2D eigenvalue weighted by atomic mass is 9.99. The van der Waals surface area contributed by atoms with Crippen molar-refractivity contribution >= 4 is 47.8 Å². The van der Waals surface area contributed by atoms with Crippen LogP contribution in [0.1, 0.15) is 266 Å². The van der Waals surface area contributed by atoms with E-state index in [0.717, 1.165) is 207 Å². The molecule has 0 saturated carbocycles. The van der Waals surface area contributed by atoms with Crippen molar-refractivity contribution in [2.24, 2.45) is 0 Å². The highest BCUT2D eigenvalue weighted by Crippen LogP contribution is 2.40. The predicted octanol–water partition coefficient (Wildman–Crippen LogP) is 26.4. The van der Waals surface area contributed by atoms with Gasteiger partial charge in [-0.15, -0.1) is 0 Å². The van der Waals surface area contributed by atoms with E-state index in [4.69, 9.17) is 75.8 Å². The quantitative estimate of drug-likeness (QED) is 0.0112. The molecule has 0 aromatic heterocycles. The van der Waals surface area contributed by atoms with Crippen LogP contribution in [0.3, 0.4) is 0 Å². The third kappa shape index (κ3) is 41.1. The van der Waals surface area contributed by atoms with Crippen molar-refractivity contribution in [2.75, 3.05) is 66.1 Å². The molecule has 9 rings (SSSR count). The van der Waals surface area contributed by atoms with Crippen LogP contribution in [-0.4, -0.2) is 114 Å². The maximum atomic E-state index is 14.2. The van der Waals surface area contributed by atoms with Gasteiger partial charge in [-0.3, -0.25) is 0 Å². The molecule has 0 spiro atoms. The Morgan fingerprint density at radius 1 is 0.237 bits per heavy atom. The summed E-state index contributed by atoms with van der Waals surface area (Å²) < 4.78 is 95.7. The molecular weight excluding hydrogens is 1770 g/mol. The van der Waals surface area contributed by atoms with E-state index in [9.17, 15) is 38.4 Å². The molecule has 0 heterocycles. The topological polar surface area (TPSA) is 284 Å². The second-order valence-electron chi connectivity index (χ2n) is 33.7. The van der Waals surface area contributed by atoms with Gasteiger partial charge in [-0.25, -0.2) is 38.4 Å². The highest BCUT2D eigenvalue weighted by molar-refractivity contribution is 5.94. The highest BCUT2D eigenvalue weighted by atomic mass is 16.6. The smallest absolute Gasteiger partial charge is 0.343 e. The van der Waals surface area contributed by atoms with E-state index >= 15 is 0 Å². The molecule has 0 radical (unpaired) electrons. The molecule has 0 aliphatic carbocycles. The molecule has 0 N–H and O–H groups in total. The number of carbonyl (C=O) groups is 8. The van der Waals surface area contributed by atoms with Crippen molar-refractivity contribution in [3.05, 3.63) is 278 Å². The van der Waals surface area contributed by atoms with Gasteiger partial charge < -0.3 is 75.8 Å². The molecule has 0 saturated heterocycles. The maximum Gasteiger partial charge on any atom is 0.343 e. The summed E-state index contributed by atoms with van der Waals surface area (Å²) in [6.07, 6.45) is 31.5. The average Bonchev–Trinajstić information content (AvgIpc) is 0.808. The molecule has 0 unspecified atom stereocenters. The predicted molar refractivity (Wildman–Crippen MR) is 537 cm³/mol. The maximum absolute atomic E-state index is 14.2. The van der Waals surface area contributed by atoms with Crippen molar-refractivity contribution in [1.82, 2.24) is 0 Å². The summed E-state index contributed by atoms with van der Waals surface area (Å²) in [5, 5.41) is 0. The van der Waals surface area contributed by atoms with Crippen LogP contribution in [0.2, 0.25) is 0 Å². The number of esters is 8. The van der Waals surface area contributed by atoms with Gasteiger partial charge in [0.15, 0.2) is 23.0 Å². The Labute approximate surface area is 819 Å². The third-order valence-corrected chi connectivity index (χ3v) is 22.5. The highest BCUT2D eigenvalue weighted by Gasteiger charge is 2.23. The molecule has 9 aromatic rings. The average molecular weight is 1900 g/mol. The number of benzene rings is 9. The van der Waals surface area contributed by atoms with Gasteiger partial charge in [-0.1, -0.05) is 154 Å². The minimum absolute atomic E-state index is 0.150. The van der Waals surface area contributed by atoms with Gasteiger partial charge in [-0.05, 0) is 302 Å². The van der Waals surface area contributed by atoms with E-state index in [1.165, 1.54) is 25.7 Å². The van der Waals surface area contributed by atoms with E-state index in [0.29, 0.717) is 129 Å². The zero-order chi connectivity index (χ0) is 98.7. The van der Waals surface area contributed by atoms with E-state index in [1.54, 1.807) is 140 Å². The van der Waals surface area contributed by atoms with Crippen molar-refractivity contribution in [3.8, 4) is 91.2 Å². The molecule has 24 nitrogen and oxygen atoms in total. The fraction of sp³-hybridized carbons (Fsp3) is 0.391. The summed E-state index contributed by atoms with van der Waals surface area (Å²) in [4.78, 5) is 102. The van der Waals surface area contributed by atoms with Crippen LogP contribution in [0.4, 0.5) is 0 Å². The van der Waals surface area contributed by atoms with Crippen LogP contribution < -0.4 is 56.8 Å². The molecular formula is C115H136O24. The summed E-state index contributed by atoms with van der Waals surface area (Å²) >= 11 is 0. The fourth-order valence-electron chi connectivity index (χ4n) is 14.5. The Morgan fingerprint density at radius 2 is 0.482 bits per heavy atom. The summed E-state index contributed by atoms with van der Waals surface area (Å²) in [6.45, 7) is 23.6. The van der Waals surface area contributed by atoms with Crippen LogP contribution in [0.15, 0.2) is 244 Å². The lowest BCUT2D eigenvalue weighted by molar-refractivity contribution is -0.139. The molecule has 0 amide bonds. The summed E-state index contributed by atoms with van der Waals surface area (Å²) in [5.41, 5.74) is 5.44. The van der Waals surface area contributed by atoms with Gasteiger partial charge >= 0.3 is 47.8 Å². The van der Waals surface area contributed by atoms with Crippen LogP contribution in [0.5, 0.6) is 69.0 Å². The normalized spacial score (nSPS) is 10.8. The van der Waals surface area contributed by atoms with Gasteiger partial charge in [0, 0.05) is 34.9 Å². The Kier molecular flexibility index (Phi) is 49.7. The third-order valence-electron chi connectivity index (χ3n) is 22.5. The number of carbonyl (C=O) groups excluding carboxylic acids is 8. The fourth-order valence-corrected chi connectivity index (χ4v) is 14.5. The van der Waals surface area contributed by atoms with E-state index in [-0.39, 0.29) is 58.5 Å². The number of hydrogen-bond donors (Lipinski definition) is 0. The van der Waals surface area contributed by atoms with Crippen molar-refractivity contribution in [2.45, 2.75) is 227 Å². The van der Waals surface area contributed by atoms with Gasteiger partial charge in [0.05, 0.1) is 88.3 Å². The molecule has 0 aliphatic rings. The molecule has 0 atom stereocenters. The number of hydrogen-bond acceptors (Lipinski definition) is 24. The molecule has 0 bridgehead atoms. The first-order valence-corrected chi connectivity index (χ1v) is 49.1. The Bertz CT molecular complexity index is 5220. The lowest BCUT2D eigenvalue weighted by Gasteiger charge is -2.17. The molecule has 24 heteroatoms. The molecule has 0 aliphatic heterocycles. The second-order valence-corrected chi connectivity index (χ2v) is 33.7. The summed E-state index contributed by atoms with van der Waals surface area (Å²) in [6, 6.07) is 55.7. The molecule has 740 valence electrons. The van der Waals surface area contributed by atoms with Crippen molar-refractivity contribution in [3.63, 3.8) is 0 Å². The molecule has 9 aromatic carbocycles. The Balaban J connectivity index is 0.958. The first-order chi connectivity index (χ1) is 67.9. The number of ether oxygens (including phenoxy) is 16. The zero-order valence-electron chi connectivity index (χ0n) is 81.0. The summed E-state index contributed by atoms with van der Waals surface area (Å²) in [5.74, 6) is 0.384. The lowest BCUT2D eigenvalue weighted by Crippen LogP contribution is -2.12. The van der Waals surface area contributed by atoms with Gasteiger partial charge in [-0.2, -0.15) is 0 Å². The number of rotatable bonds is 70. The Hall–Kier alpha value is -13.9. The number of unbranched alkanes of at least 4 members (excludes halogenated alkanes) is 24. The standard InChI is InChI=1S/C115H136O24/c1-8-13-15-17-19-21-35-73-128-104-65-53-92(81-106(104)134-83-94-79-100(136-112(120)88-45-55-96(56-46-88)124-69-31-23-27-37-75-130-108(116)10-3)63-67-102(94)138-114(122)90-49-59-98(60-50-90)126-71-33-25-29-39-77-132-110(118)12-5)86-41-43-87(44-42-86)93-54-66-105(129-74-36-22-20-18-16-14-9-2)107(82-93)135-84-95-80-101(137-113(121)89-47-57-97(58-48-89)125-70-32-24-28-38-76-131-109(117)11-4)64-68-103(95)139-115(123)91-51-61-99(62-52-91)127-72-34-26-30-40-78-133-111(119)85(6)7/h10-12,41-68,79-82H,3-6,8-9,13-40,69-78,83-84H2,1-2,7H3. The largest absolute Gasteiger partial charge is 0.494 e. The molecule has 0 fully saturated rings. The summed E-state index contributed by atoms with van der Waals surface area (Å²) in [7, 11) is 0. The first-order valence-electron chi connectivity index (χ1n) is 49.1. The first kappa shape index (κ1) is 109. The van der Waals surface area contributed by atoms with Gasteiger partial charge in [0.25, 0.3) is 0 Å². The monoisotopic (exact) mass is 1900 g/mol. The zero-order valence-corrected chi connectivity index (χ0v) is 81.0. The van der Waals surface area contributed by atoms with E-state index in [1.807, 2.05) is 60.7 Å². The van der Waals surface area contributed by atoms with Crippen LogP contribution in [-0.2, 0) is 51.3 Å². The second kappa shape index (κ2) is 63.5. The van der Waals surface area contributed by atoms with Crippen LogP contribution >= 0.6 is 0 Å². The van der Waals surface area contributed by atoms with Gasteiger partial charge in [0.1, 0.15) is 59.2 Å². The van der Waals surface area contributed by atoms with E-state index in [2.05, 4.69) is 40.2 Å². The van der Waals surface area contributed by atoms with Crippen molar-refractivity contribution in [1.29, 1.82) is 0 Å². The molecule has 139 heavy (non-hydrogen) atoms. The van der Waals surface area contributed by atoms with Crippen LogP contribution in [0, 0.1) is 0 Å². The Morgan fingerprint density at radius 3 is 0.770 bits per heavy atom. The van der Waals surface area contributed by atoms with Crippen LogP contribution in [0.25, 0.3) is 22.3 Å². The van der Waals surface area contributed by atoms with Crippen molar-refractivity contribution < 1.29 is 114 Å². The minimum atomic E-state index is -0.656. The minimum Gasteiger partial charge on any atom is -0.494 e.